The van der Waals surface area contributed by atoms with Crippen LogP contribution in [-0.2, 0) is 6.18 Å². The number of hydrogen-bond acceptors (Lipinski definition) is 2. The highest BCUT2D eigenvalue weighted by molar-refractivity contribution is 5.34. The summed E-state index contributed by atoms with van der Waals surface area (Å²) in [4.78, 5) is 3.67. The van der Waals surface area contributed by atoms with Crippen molar-refractivity contribution in [2.45, 2.75) is 6.18 Å². The molecule has 2 aromatic rings. The number of hydrogen-bond donors (Lipinski definition) is 0. The summed E-state index contributed by atoms with van der Waals surface area (Å²) in [5.74, 6) is -0.213. The van der Waals surface area contributed by atoms with E-state index in [-0.39, 0.29) is 5.82 Å². The molecule has 0 saturated carbocycles. The van der Waals surface area contributed by atoms with E-state index in [0.29, 0.717) is 0 Å². The first kappa shape index (κ1) is 9.70. The lowest BCUT2D eigenvalue weighted by molar-refractivity contribution is -0.137. The molecule has 0 spiro atoms. The first-order valence-electron chi connectivity index (χ1n) is 4.11. The van der Waals surface area contributed by atoms with Crippen LogP contribution in [0.4, 0.5) is 13.2 Å². The topological polar surface area (TPSA) is 30.7 Å². The van der Waals surface area contributed by atoms with Crippen LogP contribution in [0.3, 0.4) is 0 Å². The van der Waals surface area contributed by atoms with Crippen molar-refractivity contribution in [3.8, 4) is 5.82 Å². The monoisotopic (exact) mass is 213 g/mol. The predicted molar refractivity (Wildman–Crippen MR) is 46.4 cm³/mol. The number of pyridine rings is 1. The van der Waals surface area contributed by atoms with Crippen molar-refractivity contribution in [3.63, 3.8) is 0 Å². The Morgan fingerprint density at radius 2 is 1.93 bits per heavy atom. The molecule has 0 aromatic carbocycles. The SMILES string of the molecule is FC(F)(F)c1cccnc1-n1cccn1. The highest BCUT2D eigenvalue weighted by Crippen LogP contribution is 2.32. The molecular formula is C9H6F3N3. The van der Waals surface area contributed by atoms with Gasteiger partial charge >= 0.3 is 6.18 Å². The zero-order valence-corrected chi connectivity index (χ0v) is 7.44. The summed E-state index contributed by atoms with van der Waals surface area (Å²) in [6.45, 7) is 0. The minimum atomic E-state index is -4.42. The van der Waals surface area contributed by atoms with Crippen molar-refractivity contribution < 1.29 is 13.2 Å². The molecule has 3 nitrogen and oxygen atoms in total. The Morgan fingerprint density at radius 3 is 2.53 bits per heavy atom. The molecule has 0 fully saturated rings. The Balaban J connectivity index is 2.58. The maximum Gasteiger partial charge on any atom is 0.420 e. The molecule has 0 saturated heterocycles. The second-order valence-electron chi connectivity index (χ2n) is 2.82. The fourth-order valence-corrected chi connectivity index (χ4v) is 1.19. The standard InChI is InChI=1S/C9H6F3N3/c10-9(11,12)7-3-1-4-13-8(7)15-6-2-5-14-15/h1-6H. The van der Waals surface area contributed by atoms with Gasteiger partial charge in [-0.25, -0.2) is 9.67 Å². The number of rotatable bonds is 1. The maximum absolute atomic E-state index is 12.6. The second-order valence-corrected chi connectivity index (χ2v) is 2.82. The number of alkyl halides is 3. The molecule has 0 aliphatic heterocycles. The van der Waals surface area contributed by atoms with Crippen molar-refractivity contribution in [1.29, 1.82) is 0 Å². The van der Waals surface area contributed by atoms with Crippen LogP contribution >= 0.6 is 0 Å². The van der Waals surface area contributed by atoms with E-state index in [9.17, 15) is 13.2 Å². The quantitative estimate of drug-likeness (QED) is 0.727. The minimum absolute atomic E-state index is 0.213. The van der Waals surface area contributed by atoms with Gasteiger partial charge in [0.15, 0.2) is 5.82 Å². The molecule has 0 aliphatic rings. The molecule has 0 unspecified atom stereocenters. The Bertz CT molecular complexity index is 448. The smallest absolute Gasteiger partial charge is 0.237 e. The lowest BCUT2D eigenvalue weighted by Gasteiger charge is -2.10. The Hall–Kier alpha value is -1.85. The van der Waals surface area contributed by atoms with E-state index >= 15 is 0 Å². The van der Waals surface area contributed by atoms with Crippen molar-refractivity contribution >= 4 is 0 Å². The highest BCUT2D eigenvalue weighted by Gasteiger charge is 2.34. The van der Waals surface area contributed by atoms with Crippen LogP contribution in [0.15, 0.2) is 36.8 Å². The summed E-state index contributed by atoms with van der Waals surface area (Å²) in [7, 11) is 0. The molecule has 0 bridgehead atoms. The van der Waals surface area contributed by atoms with Gasteiger partial charge in [-0.3, -0.25) is 0 Å². The van der Waals surface area contributed by atoms with Crippen molar-refractivity contribution in [1.82, 2.24) is 14.8 Å². The van der Waals surface area contributed by atoms with Crippen LogP contribution in [-0.4, -0.2) is 14.8 Å². The number of nitrogens with zero attached hydrogens (tertiary/aromatic N) is 3. The lowest BCUT2D eigenvalue weighted by Crippen LogP contribution is -2.12. The highest BCUT2D eigenvalue weighted by atomic mass is 19.4. The van der Waals surface area contributed by atoms with E-state index in [1.807, 2.05) is 0 Å². The molecule has 6 heteroatoms. The van der Waals surface area contributed by atoms with Gasteiger partial charge in [0.1, 0.15) is 5.56 Å². The second kappa shape index (κ2) is 3.38. The largest absolute Gasteiger partial charge is 0.420 e. The van der Waals surface area contributed by atoms with Gasteiger partial charge in [-0.15, -0.1) is 0 Å². The van der Waals surface area contributed by atoms with E-state index in [2.05, 4.69) is 10.1 Å². The van der Waals surface area contributed by atoms with Gasteiger partial charge in [0, 0.05) is 18.6 Å². The van der Waals surface area contributed by atoms with E-state index in [4.69, 9.17) is 0 Å². The Morgan fingerprint density at radius 1 is 1.13 bits per heavy atom. The molecule has 0 amide bonds. The third-order valence-corrected chi connectivity index (χ3v) is 1.81. The normalized spacial score (nSPS) is 11.7. The molecule has 15 heavy (non-hydrogen) atoms. The fraction of sp³-hybridized carbons (Fsp3) is 0.111. The van der Waals surface area contributed by atoms with E-state index in [1.165, 1.54) is 30.7 Å². The zero-order chi connectivity index (χ0) is 10.9. The van der Waals surface area contributed by atoms with Crippen LogP contribution in [0.25, 0.3) is 5.82 Å². The van der Waals surface area contributed by atoms with Gasteiger partial charge in [-0.1, -0.05) is 0 Å². The van der Waals surface area contributed by atoms with Gasteiger partial charge < -0.3 is 0 Å². The van der Waals surface area contributed by atoms with Crippen molar-refractivity contribution in [2.24, 2.45) is 0 Å². The number of halogens is 3. The van der Waals surface area contributed by atoms with Crippen LogP contribution in [0.2, 0.25) is 0 Å². The van der Waals surface area contributed by atoms with Gasteiger partial charge in [0.2, 0.25) is 0 Å². The maximum atomic E-state index is 12.6. The minimum Gasteiger partial charge on any atom is -0.237 e. The summed E-state index contributed by atoms with van der Waals surface area (Å²) in [6, 6.07) is 3.76. The molecule has 0 N–H and O–H groups in total. The first-order valence-corrected chi connectivity index (χ1v) is 4.11. The molecule has 0 aliphatic carbocycles. The van der Waals surface area contributed by atoms with Gasteiger partial charge in [-0.2, -0.15) is 18.3 Å². The average molecular weight is 213 g/mol. The third kappa shape index (κ3) is 1.83. The van der Waals surface area contributed by atoms with Crippen LogP contribution in [0.1, 0.15) is 5.56 Å². The molecule has 0 atom stereocenters. The third-order valence-electron chi connectivity index (χ3n) is 1.81. The predicted octanol–water partition coefficient (Wildman–Crippen LogP) is 2.29. The number of aromatic nitrogens is 3. The lowest BCUT2D eigenvalue weighted by atomic mass is 10.2. The first-order chi connectivity index (χ1) is 7.09. The molecule has 78 valence electrons. The van der Waals surface area contributed by atoms with Crippen LogP contribution < -0.4 is 0 Å². The summed E-state index contributed by atoms with van der Waals surface area (Å²) in [6.07, 6.45) is -0.311. The van der Waals surface area contributed by atoms with Crippen LogP contribution in [0, 0.1) is 0 Å². The van der Waals surface area contributed by atoms with E-state index in [0.717, 1.165) is 10.7 Å². The van der Waals surface area contributed by atoms with Gasteiger partial charge in [0.25, 0.3) is 0 Å². The van der Waals surface area contributed by atoms with Gasteiger partial charge in [-0.05, 0) is 18.2 Å². The molecule has 2 aromatic heterocycles. The molecular weight excluding hydrogens is 207 g/mol. The fourth-order valence-electron chi connectivity index (χ4n) is 1.19. The molecule has 2 heterocycles. The van der Waals surface area contributed by atoms with Crippen LogP contribution in [0.5, 0.6) is 0 Å². The zero-order valence-electron chi connectivity index (χ0n) is 7.44. The summed E-state index contributed by atoms with van der Waals surface area (Å²) < 4.78 is 38.8. The summed E-state index contributed by atoms with van der Waals surface area (Å²) >= 11 is 0. The summed E-state index contributed by atoms with van der Waals surface area (Å²) in [5.41, 5.74) is -0.798. The molecule has 0 radical (unpaired) electrons. The average Bonchev–Trinajstić information content (AvgIpc) is 2.69. The van der Waals surface area contributed by atoms with Crippen molar-refractivity contribution in [2.75, 3.05) is 0 Å². The van der Waals surface area contributed by atoms with Crippen molar-refractivity contribution in [3.05, 3.63) is 42.4 Å². The Labute approximate surface area is 83.2 Å². The Kier molecular flexibility index (Phi) is 2.18. The summed E-state index contributed by atoms with van der Waals surface area (Å²) in [5, 5.41) is 3.71. The van der Waals surface area contributed by atoms with E-state index in [1.54, 1.807) is 0 Å². The van der Waals surface area contributed by atoms with Gasteiger partial charge in [0.05, 0.1) is 0 Å². The van der Waals surface area contributed by atoms with E-state index < -0.39 is 11.7 Å². The molecule has 2 rings (SSSR count).